The molecule has 0 N–H and O–H groups in total. The molecule has 3 saturated carbocycles. The summed E-state index contributed by atoms with van der Waals surface area (Å²) in [5, 5.41) is 4.58. The largest absolute Gasteiger partial charge is 0.463 e. The summed E-state index contributed by atoms with van der Waals surface area (Å²) in [6.45, 7) is 14.6. The Morgan fingerprint density at radius 2 is 1.80 bits per heavy atom. The molecule has 244 valence electrons. The van der Waals surface area contributed by atoms with Crippen LogP contribution in [0.5, 0.6) is 0 Å². The van der Waals surface area contributed by atoms with Crippen molar-refractivity contribution in [1.29, 1.82) is 0 Å². The molecule has 10 atom stereocenters. The number of ether oxygens (including phenoxy) is 4. The van der Waals surface area contributed by atoms with Crippen molar-refractivity contribution >= 4 is 17.7 Å². The van der Waals surface area contributed by atoms with Crippen LogP contribution in [0.2, 0.25) is 0 Å². The number of rotatable bonds is 9. The molecule has 44 heavy (non-hydrogen) atoms. The number of carbonyl (C=O) groups excluding carboxylic acids is 2. The van der Waals surface area contributed by atoms with E-state index in [-0.39, 0.29) is 23.5 Å². The first-order chi connectivity index (χ1) is 20.9. The predicted octanol–water partition coefficient (Wildman–Crippen LogP) is 7.09. The fourth-order valence-electron chi connectivity index (χ4n) is 9.36. The van der Waals surface area contributed by atoms with Crippen LogP contribution in [0.25, 0.3) is 0 Å². The third-order valence-electron chi connectivity index (χ3n) is 11.6. The third kappa shape index (κ3) is 6.86. The van der Waals surface area contributed by atoms with Gasteiger partial charge in [0.1, 0.15) is 25.4 Å². The van der Waals surface area contributed by atoms with E-state index in [1.807, 2.05) is 6.08 Å². The summed E-state index contributed by atoms with van der Waals surface area (Å²) in [6, 6.07) is 0. The van der Waals surface area contributed by atoms with Gasteiger partial charge in [-0.25, -0.2) is 0 Å². The Kier molecular flexibility index (Phi) is 10.1. The van der Waals surface area contributed by atoms with Crippen molar-refractivity contribution in [2.75, 3.05) is 13.2 Å². The van der Waals surface area contributed by atoms with Crippen molar-refractivity contribution in [2.45, 2.75) is 124 Å². The standard InChI is InChI=1S/C36H53NO7/c1-22(2)16-19-41-37-23(3)29-10-11-30-28-9-8-26-20-27(14-17-35(26,6)31(28)15-18-36(29,30)7)43-34-13-12-32(42-25(5)39)33(44-34)21-40-24(4)38/h8,12-13,16,27-34H,9-11,14-15,17-21H2,1-7H3/b37-23+/t27-,28-,29+,30-,31-,32-,33+,34?,35-,36+/m0/s1. The fourth-order valence-corrected chi connectivity index (χ4v) is 9.36. The average molecular weight is 612 g/mol. The van der Waals surface area contributed by atoms with Crippen molar-refractivity contribution < 1.29 is 33.4 Å². The normalized spacial score (nSPS) is 39.7. The van der Waals surface area contributed by atoms with Gasteiger partial charge in [-0.1, -0.05) is 36.2 Å². The highest BCUT2D eigenvalue weighted by Gasteiger charge is 2.59. The molecule has 0 bridgehead atoms. The first kappa shape index (κ1) is 32.9. The van der Waals surface area contributed by atoms with Crippen LogP contribution in [0, 0.1) is 34.5 Å². The molecule has 0 aromatic carbocycles. The SMILES string of the molecule is CC(=O)OC[C@H]1OC(O[C@H]2CC[C@@]3(C)C(=CC[C@H]4[C@@H]5CC[C@H](/C(C)=N/OCC=C(C)C)[C@@]5(C)CC[C@@H]43)C2)C=C[C@@H]1OC(C)=O. The average Bonchev–Trinajstić information content (AvgIpc) is 3.32. The van der Waals surface area contributed by atoms with Crippen LogP contribution < -0.4 is 0 Å². The molecule has 8 heteroatoms. The van der Waals surface area contributed by atoms with E-state index in [9.17, 15) is 9.59 Å². The molecule has 0 spiro atoms. The molecule has 0 saturated heterocycles. The van der Waals surface area contributed by atoms with E-state index in [1.165, 1.54) is 50.8 Å². The maximum absolute atomic E-state index is 11.6. The molecular formula is C36H53NO7. The molecule has 1 unspecified atom stereocenters. The maximum Gasteiger partial charge on any atom is 0.303 e. The number of hydrogen-bond donors (Lipinski definition) is 0. The number of hydrogen-bond acceptors (Lipinski definition) is 8. The van der Waals surface area contributed by atoms with E-state index in [0.717, 1.165) is 31.6 Å². The number of carbonyl (C=O) groups is 2. The van der Waals surface area contributed by atoms with Gasteiger partial charge >= 0.3 is 11.9 Å². The highest BCUT2D eigenvalue weighted by atomic mass is 16.7. The Balaban J connectivity index is 1.22. The minimum Gasteiger partial charge on any atom is -0.463 e. The van der Waals surface area contributed by atoms with Gasteiger partial charge in [-0.15, -0.1) is 0 Å². The summed E-state index contributed by atoms with van der Waals surface area (Å²) < 4.78 is 23.2. The third-order valence-corrected chi connectivity index (χ3v) is 11.6. The second-order valence-corrected chi connectivity index (χ2v) is 14.5. The lowest BCUT2D eigenvalue weighted by Crippen LogP contribution is -2.51. The summed E-state index contributed by atoms with van der Waals surface area (Å²) in [5.41, 5.74) is 4.46. The zero-order valence-electron chi connectivity index (χ0n) is 27.8. The Morgan fingerprint density at radius 3 is 2.52 bits per heavy atom. The molecular weight excluding hydrogens is 558 g/mol. The maximum atomic E-state index is 11.6. The Labute approximate surface area is 263 Å². The highest BCUT2D eigenvalue weighted by molar-refractivity contribution is 5.85. The molecule has 1 aliphatic heterocycles. The van der Waals surface area contributed by atoms with E-state index in [2.05, 4.69) is 51.9 Å². The van der Waals surface area contributed by atoms with Gasteiger partial charge in [0.2, 0.25) is 0 Å². The number of oxime groups is 1. The van der Waals surface area contributed by atoms with E-state index >= 15 is 0 Å². The molecule has 4 aliphatic carbocycles. The molecule has 1 heterocycles. The second-order valence-electron chi connectivity index (χ2n) is 14.5. The molecule has 5 aliphatic rings. The van der Waals surface area contributed by atoms with Gasteiger partial charge in [-0.2, -0.15) is 0 Å². The van der Waals surface area contributed by atoms with E-state index in [4.69, 9.17) is 23.8 Å². The summed E-state index contributed by atoms with van der Waals surface area (Å²) in [4.78, 5) is 28.7. The smallest absolute Gasteiger partial charge is 0.303 e. The van der Waals surface area contributed by atoms with E-state index in [1.54, 1.807) is 11.6 Å². The van der Waals surface area contributed by atoms with Crippen LogP contribution in [0.1, 0.15) is 99.8 Å². The quantitative estimate of drug-likeness (QED) is 0.0904. The zero-order valence-corrected chi connectivity index (χ0v) is 27.8. The number of esters is 2. The Hall–Kier alpha value is -2.45. The van der Waals surface area contributed by atoms with Gasteiger partial charge in [0.05, 0.1) is 11.8 Å². The Morgan fingerprint density at radius 1 is 1.00 bits per heavy atom. The van der Waals surface area contributed by atoms with Crippen LogP contribution >= 0.6 is 0 Å². The second kappa shape index (κ2) is 13.5. The molecule has 0 aromatic heterocycles. The van der Waals surface area contributed by atoms with Gasteiger partial charge in [0.25, 0.3) is 0 Å². The lowest BCUT2D eigenvalue weighted by atomic mass is 9.47. The number of fused-ring (bicyclic) bond motifs is 5. The topological polar surface area (TPSA) is 92.7 Å². The van der Waals surface area contributed by atoms with Crippen LogP contribution in [-0.2, 0) is 33.4 Å². The van der Waals surface area contributed by atoms with Crippen LogP contribution in [0.15, 0.2) is 40.6 Å². The van der Waals surface area contributed by atoms with Gasteiger partial charge in [0, 0.05) is 19.8 Å². The Bertz CT molecular complexity index is 1200. The molecule has 5 rings (SSSR count). The monoisotopic (exact) mass is 611 g/mol. The van der Waals surface area contributed by atoms with Crippen molar-refractivity contribution in [3.63, 3.8) is 0 Å². The van der Waals surface area contributed by atoms with Crippen molar-refractivity contribution in [3.8, 4) is 0 Å². The van der Waals surface area contributed by atoms with Crippen molar-refractivity contribution in [2.24, 2.45) is 39.7 Å². The number of allylic oxidation sites excluding steroid dienone is 2. The zero-order chi connectivity index (χ0) is 31.6. The van der Waals surface area contributed by atoms with Gasteiger partial charge in [-0.05, 0) is 119 Å². The molecule has 0 amide bonds. The van der Waals surface area contributed by atoms with Crippen LogP contribution in [-0.4, -0.2) is 55.5 Å². The minimum atomic E-state index is -0.614. The lowest BCUT2D eigenvalue weighted by Gasteiger charge is -2.58. The van der Waals surface area contributed by atoms with Crippen molar-refractivity contribution in [1.82, 2.24) is 0 Å². The number of nitrogens with zero attached hydrogens (tertiary/aromatic N) is 1. The summed E-state index contributed by atoms with van der Waals surface area (Å²) in [5.74, 6) is 1.83. The fraction of sp³-hybridized carbons (Fsp3) is 0.750. The summed E-state index contributed by atoms with van der Waals surface area (Å²) in [7, 11) is 0. The van der Waals surface area contributed by atoms with Gasteiger partial charge in [0.15, 0.2) is 6.29 Å². The molecule has 8 nitrogen and oxygen atoms in total. The summed E-state index contributed by atoms with van der Waals surface area (Å²) >= 11 is 0. The molecule has 0 aromatic rings. The molecule has 0 radical (unpaired) electrons. The van der Waals surface area contributed by atoms with Crippen LogP contribution in [0.3, 0.4) is 0 Å². The van der Waals surface area contributed by atoms with Gasteiger partial charge in [-0.3, -0.25) is 9.59 Å². The predicted molar refractivity (Wildman–Crippen MR) is 169 cm³/mol. The van der Waals surface area contributed by atoms with Crippen LogP contribution in [0.4, 0.5) is 0 Å². The lowest BCUT2D eigenvalue weighted by molar-refractivity contribution is -0.213. The summed E-state index contributed by atoms with van der Waals surface area (Å²) in [6.07, 6.45) is 15.6. The van der Waals surface area contributed by atoms with Crippen molar-refractivity contribution in [3.05, 3.63) is 35.5 Å². The van der Waals surface area contributed by atoms with E-state index < -0.39 is 30.4 Å². The first-order valence-electron chi connectivity index (χ1n) is 16.7. The molecule has 3 fully saturated rings. The highest BCUT2D eigenvalue weighted by Crippen LogP contribution is 2.66. The van der Waals surface area contributed by atoms with E-state index in [0.29, 0.717) is 24.4 Å². The van der Waals surface area contributed by atoms with Gasteiger partial charge < -0.3 is 23.8 Å². The minimum absolute atomic E-state index is 0.00365. The first-order valence-corrected chi connectivity index (χ1v) is 16.7.